The lowest BCUT2D eigenvalue weighted by atomic mass is 10.0. The van der Waals surface area contributed by atoms with Crippen LogP contribution in [0.1, 0.15) is 37.8 Å². The van der Waals surface area contributed by atoms with Gasteiger partial charge in [0.2, 0.25) is 5.91 Å². The van der Waals surface area contributed by atoms with E-state index in [1.807, 2.05) is 13.0 Å². The molecule has 0 saturated carbocycles. The van der Waals surface area contributed by atoms with Crippen LogP contribution in [0.5, 0.6) is 11.5 Å². The van der Waals surface area contributed by atoms with Crippen LogP contribution < -0.4 is 14.8 Å². The number of nitrogens with zero attached hydrogens (tertiary/aromatic N) is 1. The summed E-state index contributed by atoms with van der Waals surface area (Å²) in [4.78, 5) is 14.5. The van der Waals surface area contributed by atoms with Crippen molar-refractivity contribution >= 4 is 5.91 Å². The number of amides is 1. The lowest BCUT2D eigenvalue weighted by molar-refractivity contribution is -0.123. The summed E-state index contributed by atoms with van der Waals surface area (Å²) in [5.41, 5.74) is 1.19. The van der Waals surface area contributed by atoms with Crippen molar-refractivity contribution < 1.29 is 19.0 Å². The summed E-state index contributed by atoms with van der Waals surface area (Å²) in [6.07, 6.45) is 3.06. The van der Waals surface area contributed by atoms with Crippen molar-refractivity contribution in [1.29, 1.82) is 0 Å². The normalized spacial score (nSPS) is 21.6. The number of ether oxygens (including phenoxy) is 3. The second-order valence-electron chi connectivity index (χ2n) is 6.81. The number of likely N-dealkylation sites (tertiary alicyclic amines) is 1. The zero-order valence-electron chi connectivity index (χ0n) is 15.1. The molecule has 6 nitrogen and oxygen atoms in total. The molecule has 0 aromatic heterocycles. The van der Waals surface area contributed by atoms with Gasteiger partial charge in [0.05, 0.1) is 26.4 Å². The molecule has 2 atom stereocenters. The van der Waals surface area contributed by atoms with E-state index in [0.29, 0.717) is 26.4 Å². The number of carbonyl (C=O) groups excluding carboxylic acids is 1. The van der Waals surface area contributed by atoms with Gasteiger partial charge in [-0.05, 0) is 44.0 Å². The van der Waals surface area contributed by atoms with Gasteiger partial charge in [-0.25, -0.2) is 0 Å². The molecule has 2 aliphatic rings. The van der Waals surface area contributed by atoms with Crippen LogP contribution in [0.3, 0.4) is 0 Å². The Labute approximate surface area is 149 Å². The van der Waals surface area contributed by atoms with Gasteiger partial charge in [0.25, 0.3) is 0 Å². The monoisotopic (exact) mass is 348 g/mol. The number of hydrogen-bond acceptors (Lipinski definition) is 5. The van der Waals surface area contributed by atoms with Crippen molar-refractivity contribution in [3.8, 4) is 11.5 Å². The summed E-state index contributed by atoms with van der Waals surface area (Å²) in [6.45, 7) is 5.20. The summed E-state index contributed by atoms with van der Waals surface area (Å²) < 4.78 is 16.6. The van der Waals surface area contributed by atoms with Gasteiger partial charge >= 0.3 is 0 Å². The number of carbonyl (C=O) groups is 1. The van der Waals surface area contributed by atoms with Gasteiger partial charge in [-0.3, -0.25) is 9.69 Å². The molecule has 1 saturated heterocycles. The van der Waals surface area contributed by atoms with Crippen LogP contribution in [0.2, 0.25) is 0 Å². The van der Waals surface area contributed by atoms with Gasteiger partial charge < -0.3 is 19.5 Å². The van der Waals surface area contributed by atoms with Crippen LogP contribution in [-0.2, 0) is 9.53 Å². The van der Waals surface area contributed by atoms with Crippen LogP contribution in [-0.4, -0.2) is 56.9 Å². The second kappa shape index (κ2) is 8.54. The summed E-state index contributed by atoms with van der Waals surface area (Å²) >= 11 is 0. The molecule has 2 heterocycles. The highest BCUT2D eigenvalue weighted by molar-refractivity contribution is 5.78. The van der Waals surface area contributed by atoms with Crippen molar-refractivity contribution in [2.24, 2.45) is 0 Å². The number of fused-ring (bicyclic) bond motifs is 1. The summed E-state index contributed by atoms with van der Waals surface area (Å²) in [5, 5.41) is 2.99. The zero-order chi connectivity index (χ0) is 17.6. The van der Waals surface area contributed by atoms with Crippen LogP contribution in [0.15, 0.2) is 18.2 Å². The van der Waals surface area contributed by atoms with Gasteiger partial charge in [0.15, 0.2) is 11.5 Å². The van der Waals surface area contributed by atoms with Gasteiger partial charge in [0.1, 0.15) is 0 Å². The minimum Gasteiger partial charge on any atom is -0.490 e. The molecule has 1 fully saturated rings. The number of rotatable bonds is 6. The average molecular weight is 348 g/mol. The first-order valence-electron chi connectivity index (χ1n) is 9.09. The largest absolute Gasteiger partial charge is 0.490 e. The van der Waals surface area contributed by atoms with E-state index in [2.05, 4.69) is 22.3 Å². The molecule has 1 aromatic rings. The average Bonchev–Trinajstić information content (AvgIpc) is 2.90. The zero-order valence-corrected chi connectivity index (χ0v) is 15.1. The summed E-state index contributed by atoms with van der Waals surface area (Å²) in [5.74, 6) is 1.68. The molecule has 0 unspecified atom stereocenters. The molecule has 1 N–H and O–H groups in total. The van der Waals surface area contributed by atoms with Gasteiger partial charge in [-0.15, -0.1) is 0 Å². The third kappa shape index (κ3) is 4.64. The summed E-state index contributed by atoms with van der Waals surface area (Å²) in [6, 6.07) is 6.45. The first-order valence-corrected chi connectivity index (χ1v) is 9.09. The highest BCUT2D eigenvalue weighted by atomic mass is 16.5. The summed E-state index contributed by atoms with van der Waals surface area (Å²) in [7, 11) is 1.64. The fourth-order valence-corrected chi connectivity index (χ4v) is 3.58. The first-order chi connectivity index (χ1) is 12.2. The number of benzene rings is 1. The topological polar surface area (TPSA) is 60.0 Å². The fraction of sp³-hybridized carbons (Fsp3) is 0.632. The minimum absolute atomic E-state index is 0.0246. The van der Waals surface area contributed by atoms with E-state index in [4.69, 9.17) is 14.2 Å². The van der Waals surface area contributed by atoms with E-state index < -0.39 is 0 Å². The van der Waals surface area contributed by atoms with Crippen molar-refractivity contribution in [2.75, 3.05) is 40.0 Å². The molecule has 138 valence electrons. The van der Waals surface area contributed by atoms with Crippen LogP contribution >= 0.6 is 0 Å². The maximum absolute atomic E-state index is 12.3. The molecule has 0 bridgehead atoms. The number of hydrogen-bond donors (Lipinski definition) is 1. The smallest absolute Gasteiger partial charge is 0.234 e. The van der Waals surface area contributed by atoms with E-state index in [1.54, 1.807) is 7.11 Å². The number of methoxy groups -OCH3 is 1. The Morgan fingerprint density at radius 1 is 1.32 bits per heavy atom. The molecule has 1 aromatic carbocycles. The van der Waals surface area contributed by atoms with E-state index in [-0.39, 0.29) is 18.0 Å². The molecule has 2 aliphatic heterocycles. The van der Waals surface area contributed by atoms with Gasteiger partial charge in [-0.2, -0.15) is 0 Å². The van der Waals surface area contributed by atoms with Crippen LogP contribution in [0, 0.1) is 0 Å². The number of nitrogens with one attached hydrogen (secondary N) is 1. The highest BCUT2D eigenvalue weighted by Gasteiger charge is 2.28. The van der Waals surface area contributed by atoms with E-state index in [1.165, 1.54) is 5.56 Å². The van der Waals surface area contributed by atoms with Crippen LogP contribution in [0.4, 0.5) is 0 Å². The Bertz CT molecular complexity index is 593. The van der Waals surface area contributed by atoms with Crippen molar-refractivity contribution in [3.05, 3.63) is 23.8 Å². The van der Waals surface area contributed by atoms with Crippen LogP contribution in [0.25, 0.3) is 0 Å². The molecular weight excluding hydrogens is 320 g/mol. The predicted molar refractivity (Wildman–Crippen MR) is 95.1 cm³/mol. The van der Waals surface area contributed by atoms with E-state index >= 15 is 0 Å². The fourth-order valence-electron chi connectivity index (χ4n) is 3.58. The highest BCUT2D eigenvalue weighted by Crippen LogP contribution is 2.37. The Hall–Kier alpha value is -1.79. The maximum atomic E-state index is 12.3. The van der Waals surface area contributed by atoms with E-state index in [0.717, 1.165) is 37.3 Å². The SMILES string of the molecule is COC[C@@H](C)NC(=O)CN1CCC[C@@H]1c1ccc2c(c1)OCCCO2. The first kappa shape index (κ1) is 18.0. The van der Waals surface area contributed by atoms with Crippen molar-refractivity contribution in [3.63, 3.8) is 0 Å². The molecule has 3 rings (SSSR count). The maximum Gasteiger partial charge on any atom is 0.234 e. The molecule has 25 heavy (non-hydrogen) atoms. The third-order valence-corrected chi connectivity index (χ3v) is 4.69. The van der Waals surface area contributed by atoms with Crippen molar-refractivity contribution in [2.45, 2.75) is 38.3 Å². The Balaban J connectivity index is 1.65. The quantitative estimate of drug-likeness (QED) is 0.853. The lowest BCUT2D eigenvalue weighted by Gasteiger charge is -2.25. The van der Waals surface area contributed by atoms with E-state index in [9.17, 15) is 4.79 Å². The Morgan fingerprint density at radius 3 is 2.92 bits per heavy atom. The van der Waals surface area contributed by atoms with Gasteiger partial charge in [0, 0.05) is 25.6 Å². The molecular formula is C19H28N2O4. The second-order valence-corrected chi connectivity index (χ2v) is 6.81. The third-order valence-electron chi connectivity index (χ3n) is 4.69. The predicted octanol–water partition coefficient (Wildman–Crippen LogP) is 2.14. The lowest BCUT2D eigenvalue weighted by Crippen LogP contribution is -2.42. The molecule has 0 spiro atoms. The van der Waals surface area contributed by atoms with Gasteiger partial charge in [-0.1, -0.05) is 6.07 Å². The molecule has 0 radical (unpaired) electrons. The standard InChI is InChI=1S/C19H28N2O4/c1-14(13-23-2)20-19(22)12-21-8-3-5-16(21)15-6-7-17-18(11-15)25-10-4-9-24-17/h6-7,11,14,16H,3-5,8-10,12-13H2,1-2H3,(H,20,22)/t14-,16-/m1/s1. The minimum atomic E-state index is 0.0246. The Morgan fingerprint density at radius 2 is 2.12 bits per heavy atom. The molecule has 0 aliphatic carbocycles. The molecule has 6 heteroatoms. The Kier molecular flexibility index (Phi) is 6.15. The molecule has 1 amide bonds. The van der Waals surface area contributed by atoms with Crippen molar-refractivity contribution in [1.82, 2.24) is 10.2 Å².